The van der Waals surface area contributed by atoms with Crippen molar-refractivity contribution in [3.63, 3.8) is 0 Å². The van der Waals surface area contributed by atoms with Gasteiger partial charge in [0, 0.05) is 0 Å². The molecule has 0 aromatic heterocycles. The van der Waals surface area contributed by atoms with Gasteiger partial charge in [-0.1, -0.05) is 24.3 Å². The van der Waals surface area contributed by atoms with Crippen LogP contribution in [0.1, 0.15) is 18.4 Å². The van der Waals surface area contributed by atoms with Crippen LogP contribution < -0.4 is 0 Å². The zero-order valence-electron chi connectivity index (χ0n) is 9.85. The van der Waals surface area contributed by atoms with E-state index >= 15 is 0 Å². The van der Waals surface area contributed by atoms with Crippen molar-refractivity contribution in [2.24, 2.45) is 0 Å². The van der Waals surface area contributed by atoms with Gasteiger partial charge in [-0.3, -0.25) is 4.18 Å². The summed E-state index contributed by atoms with van der Waals surface area (Å²) in [5, 5.41) is 0. The van der Waals surface area contributed by atoms with Gasteiger partial charge in [0.15, 0.2) is 0 Å². The second-order valence-corrected chi connectivity index (χ2v) is 5.25. The van der Waals surface area contributed by atoms with E-state index in [1.165, 1.54) is 0 Å². The molecule has 0 aliphatic heterocycles. The van der Waals surface area contributed by atoms with Crippen LogP contribution in [-0.4, -0.2) is 15.0 Å². The molecule has 0 fully saturated rings. The van der Waals surface area contributed by atoms with Gasteiger partial charge >= 0.3 is 0 Å². The van der Waals surface area contributed by atoms with Gasteiger partial charge in [0.2, 0.25) is 0 Å². The fraction of sp³-hybridized carbons (Fsp3) is 0.308. The van der Waals surface area contributed by atoms with Crippen LogP contribution in [0, 0.1) is 6.92 Å². The molecule has 0 radical (unpaired) electrons. The molecule has 0 aliphatic rings. The van der Waals surface area contributed by atoms with E-state index < -0.39 is 10.1 Å². The summed E-state index contributed by atoms with van der Waals surface area (Å²) >= 11 is 0. The maximum atomic E-state index is 11.7. The molecule has 0 atom stereocenters. The molecule has 0 N–H and O–H groups in total. The minimum atomic E-state index is -3.61. The predicted molar refractivity (Wildman–Crippen MR) is 67.3 cm³/mol. The number of rotatable bonds is 6. The third-order valence-electron chi connectivity index (χ3n) is 2.19. The van der Waals surface area contributed by atoms with Crippen molar-refractivity contribution in [1.82, 2.24) is 0 Å². The lowest BCUT2D eigenvalue weighted by atomic mass is 10.2. The molecule has 0 aliphatic carbocycles. The Balaban J connectivity index is 2.57. The van der Waals surface area contributed by atoms with Crippen molar-refractivity contribution < 1.29 is 12.6 Å². The Kier molecular flexibility index (Phi) is 5.16. The van der Waals surface area contributed by atoms with Crippen molar-refractivity contribution in [2.75, 3.05) is 6.61 Å². The number of unbranched alkanes of at least 4 members (excludes halogenated alkanes) is 1. The highest BCUT2D eigenvalue weighted by Crippen LogP contribution is 2.13. The Bertz CT molecular complexity index is 494. The minimum Gasteiger partial charge on any atom is -0.266 e. The number of hydrogen-bond acceptors (Lipinski definition) is 3. The highest BCUT2D eigenvalue weighted by molar-refractivity contribution is 7.86. The van der Waals surface area contributed by atoms with Crippen LogP contribution in [0.25, 0.3) is 0 Å². The van der Waals surface area contributed by atoms with E-state index in [-0.39, 0.29) is 11.5 Å². The molecule has 0 saturated heterocycles. The molecule has 1 rings (SSSR count). The van der Waals surface area contributed by atoms with E-state index in [0.29, 0.717) is 12.8 Å². The molecule has 0 spiro atoms. The molecule has 0 unspecified atom stereocenters. The van der Waals surface area contributed by atoms with Gasteiger partial charge < -0.3 is 0 Å². The largest absolute Gasteiger partial charge is 0.296 e. The Hall–Kier alpha value is -1.35. The third-order valence-corrected chi connectivity index (χ3v) is 3.51. The van der Waals surface area contributed by atoms with Gasteiger partial charge in [-0.2, -0.15) is 8.42 Å². The van der Waals surface area contributed by atoms with Crippen LogP contribution in [-0.2, 0) is 14.3 Å². The second-order valence-electron chi connectivity index (χ2n) is 3.64. The molecule has 17 heavy (non-hydrogen) atoms. The first-order valence-corrected chi connectivity index (χ1v) is 6.77. The summed E-state index contributed by atoms with van der Waals surface area (Å²) in [6.07, 6.45) is 3.10. The summed E-state index contributed by atoms with van der Waals surface area (Å²) in [6.45, 7) is 5.50. The fourth-order valence-corrected chi connectivity index (χ4v) is 2.17. The van der Waals surface area contributed by atoms with E-state index in [2.05, 4.69) is 12.3 Å². The van der Waals surface area contributed by atoms with Gasteiger partial charge in [0.1, 0.15) is 0 Å². The van der Waals surface area contributed by atoms with Gasteiger partial charge in [-0.15, -0.1) is 5.73 Å². The summed E-state index contributed by atoms with van der Waals surface area (Å²) in [5.41, 5.74) is 3.64. The predicted octanol–water partition coefficient (Wildman–Crippen LogP) is 2.82. The van der Waals surface area contributed by atoms with E-state index in [0.717, 1.165) is 5.56 Å². The summed E-state index contributed by atoms with van der Waals surface area (Å²) in [7, 11) is -3.61. The van der Waals surface area contributed by atoms with Gasteiger partial charge in [-0.05, 0) is 38.0 Å². The van der Waals surface area contributed by atoms with Crippen LogP contribution in [0.15, 0.2) is 47.5 Å². The van der Waals surface area contributed by atoms with Gasteiger partial charge in [0.25, 0.3) is 10.1 Å². The van der Waals surface area contributed by atoms with Crippen LogP contribution >= 0.6 is 0 Å². The van der Waals surface area contributed by atoms with Crippen LogP contribution in [0.2, 0.25) is 0 Å². The molecule has 0 bridgehead atoms. The molecule has 0 heterocycles. The average Bonchev–Trinajstić information content (AvgIpc) is 2.29. The van der Waals surface area contributed by atoms with Gasteiger partial charge in [-0.25, -0.2) is 0 Å². The summed E-state index contributed by atoms with van der Waals surface area (Å²) in [4.78, 5) is 0.197. The average molecular weight is 252 g/mol. The Morgan fingerprint density at radius 1 is 1.35 bits per heavy atom. The monoisotopic (exact) mass is 252 g/mol. The smallest absolute Gasteiger partial charge is 0.266 e. The first-order valence-electron chi connectivity index (χ1n) is 5.36. The normalized spacial score (nSPS) is 10.9. The molecule has 0 saturated carbocycles. The van der Waals surface area contributed by atoms with E-state index in [4.69, 9.17) is 4.18 Å². The maximum Gasteiger partial charge on any atom is 0.296 e. The maximum absolute atomic E-state index is 11.7. The van der Waals surface area contributed by atoms with E-state index in [9.17, 15) is 8.42 Å². The Morgan fingerprint density at radius 3 is 2.59 bits per heavy atom. The van der Waals surface area contributed by atoms with Crippen LogP contribution in [0.3, 0.4) is 0 Å². The molecule has 92 valence electrons. The Morgan fingerprint density at radius 2 is 2.00 bits per heavy atom. The number of aryl methyl sites for hydroxylation is 1. The fourth-order valence-electron chi connectivity index (χ4n) is 1.23. The first kappa shape index (κ1) is 13.7. The van der Waals surface area contributed by atoms with E-state index in [1.54, 1.807) is 30.3 Å². The van der Waals surface area contributed by atoms with Crippen molar-refractivity contribution in [3.8, 4) is 0 Å². The lowest BCUT2D eigenvalue weighted by Crippen LogP contribution is -2.07. The molecule has 3 nitrogen and oxygen atoms in total. The number of allylic oxidation sites excluding steroid dienone is 1. The molecular weight excluding hydrogens is 236 g/mol. The topological polar surface area (TPSA) is 43.4 Å². The highest BCUT2D eigenvalue weighted by atomic mass is 32.2. The van der Waals surface area contributed by atoms with Crippen LogP contribution in [0.4, 0.5) is 0 Å². The van der Waals surface area contributed by atoms with Crippen molar-refractivity contribution in [3.05, 3.63) is 48.2 Å². The third kappa shape index (κ3) is 4.57. The number of hydrogen-bond donors (Lipinski definition) is 0. The summed E-state index contributed by atoms with van der Waals surface area (Å²) in [5.74, 6) is 0. The standard InChI is InChI=1S/C13H16O3S/c1-3-4-5-6-11-16-17(14,15)13-9-7-12(2)8-10-13/h4,7-10H,1,5-6,11H2,2H3. The molecule has 4 heteroatoms. The Labute approximate surface area is 103 Å². The van der Waals surface area contributed by atoms with Crippen molar-refractivity contribution >= 4 is 10.1 Å². The highest BCUT2D eigenvalue weighted by Gasteiger charge is 2.13. The molecule has 1 aromatic rings. The SMILES string of the molecule is C=C=CCCCOS(=O)(=O)c1ccc(C)cc1. The molecule has 0 amide bonds. The first-order chi connectivity index (χ1) is 8.06. The van der Waals surface area contributed by atoms with E-state index in [1.807, 2.05) is 6.92 Å². The lowest BCUT2D eigenvalue weighted by Gasteiger charge is -2.04. The quantitative estimate of drug-likeness (QED) is 0.444. The summed E-state index contributed by atoms with van der Waals surface area (Å²) in [6, 6.07) is 6.59. The minimum absolute atomic E-state index is 0.175. The second kappa shape index (κ2) is 6.40. The zero-order valence-corrected chi connectivity index (χ0v) is 10.7. The number of benzene rings is 1. The lowest BCUT2D eigenvalue weighted by molar-refractivity contribution is 0.313. The van der Waals surface area contributed by atoms with Crippen molar-refractivity contribution in [1.29, 1.82) is 0 Å². The molecular formula is C13H16O3S. The van der Waals surface area contributed by atoms with Gasteiger partial charge in [0.05, 0.1) is 11.5 Å². The summed E-state index contributed by atoms with van der Waals surface area (Å²) < 4.78 is 28.3. The zero-order chi connectivity index (χ0) is 12.7. The molecule has 1 aromatic carbocycles. The van der Waals surface area contributed by atoms with Crippen molar-refractivity contribution in [2.45, 2.75) is 24.7 Å². The van der Waals surface area contributed by atoms with Crippen LogP contribution in [0.5, 0.6) is 0 Å².